The molecule has 0 atom stereocenters. The van der Waals surface area contributed by atoms with Gasteiger partial charge in [-0.2, -0.15) is 0 Å². The predicted octanol–water partition coefficient (Wildman–Crippen LogP) is 3.91. The Hall–Kier alpha value is -2.73. The average molecular weight is 388 g/mol. The zero-order valence-electron chi connectivity index (χ0n) is 15.4. The minimum absolute atomic E-state index is 0.0466. The van der Waals surface area contributed by atoms with Crippen LogP contribution in [0.5, 0.6) is 5.75 Å². The van der Waals surface area contributed by atoms with Crippen LogP contribution in [0.15, 0.2) is 42.5 Å². The number of nitrogens with zero attached hydrogens (tertiary/aromatic N) is 2. The molecule has 1 saturated heterocycles. The third kappa shape index (κ3) is 4.52. The van der Waals surface area contributed by atoms with Crippen molar-refractivity contribution in [1.29, 1.82) is 0 Å². The molecular formula is C20H22ClN3O3. The van der Waals surface area contributed by atoms with Crippen LogP contribution >= 0.6 is 11.6 Å². The summed E-state index contributed by atoms with van der Waals surface area (Å²) < 4.78 is 5.27. The van der Waals surface area contributed by atoms with E-state index in [0.717, 1.165) is 5.69 Å². The smallest absolute Gasteiger partial charge is 0.322 e. The maximum Gasteiger partial charge on any atom is 0.322 e. The third-order valence-corrected chi connectivity index (χ3v) is 4.82. The molecule has 0 unspecified atom stereocenters. The summed E-state index contributed by atoms with van der Waals surface area (Å²) in [6.07, 6.45) is 0. The molecule has 0 aromatic heterocycles. The Bertz CT molecular complexity index is 848. The monoisotopic (exact) mass is 387 g/mol. The number of hydrogen-bond acceptors (Lipinski definition) is 4. The summed E-state index contributed by atoms with van der Waals surface area (Å²) in [6.45, 7) is 4.12. The second-order valence-electron chi connectivity index (χ2n) is 6.36. The van der Waals surface area contributed by atoms with Crippen molar-refractivity contribution in [3.8, 4) is 5.75 Å². The van der Waals surface area contributed by atoms with Crippen LogP contribution in [-0.4, -0.2) is 50.0 Å². The number of hydrogen-bond donors (Lipinski definition) is 1. The van der Waals surface area contributed by atoms with Gasteiger partial charge in [-0.25, -0.2) is 4.79 Å². The zero-order valence-corrected chi connectivity index (χ0v) is 16.1. The molecule has 0 saturated carbocycles. The molecule has 1 aliphatic rings. The van der Waals surface area contributed by atoms with E-state index in [9.17, 15) is 9.59 Å². The van der Waals surface area contributed by atoms with Gasteiger partial charge in [-0.1, -0.05) is 23.7 Å². The molecule has 2 aromatic rings. The Morgan fingerprint density at radius 1 is 1.07 bits per heavy atom. The highest BCUT2D eigenvalue weighted by atomic mass is 35.5. The lowest BCUT2D eigenvalue weighted by Crippen LogP contribution is -2.50. The lowest BCUT2D eigenvalue weighted by Gasteiger charge is -2.36. The summed E-state index contributed by atoms with van der Waals surface area (Å²) in [7, 11) is 1.55. The number of rotatable bonds is 4. The molecule has 2 aromatic carbocycles. The predicted molar refractivity (Wildman–Crippen MR) is 107 cm³/mol. The lowest BCUT2D eigenvalue weighted by atomic mass is 10.1. The largest absolute Gasteiger partial charge is 0.495 e. The first-order valence-corrected chi connectivity index (χ1v) is 9.11. The molecule has 142 valence electrons. The molecule has 7 heteroatoms. The van der Waals surface area contributed by atoms with E-state index in [1.807, 2.05) is 24.3 Å². The summed E-state index contributed by atoms with van der Waals surface area (Å²) in [6, 6.07) is 12.5. The Kier molecular flexibility index (Phi) is 5.86. The number of anilines is 2. The van der Waals surface area contributed by atoms with Gasteiger partial charge in [0.2, 0.25) is 0 Å². The zero-order chi connectivity index (χ0) is 19.4. The molecule has 0 spiro atoms. The fourth-order valence-corrected chi connectivity index (χ4v) is 3.23. The minimum atomic E-state index is -0.187. The number of urea groups is 1. The van der Waals surface area contributed by atoms with E-state index in [1.54, 1.807) is 37.1 Å². The Balaban J connectivity index is 1.62. The van der Waals surface area contributed by atoms with E-state index in [2.05, 4.69) is 10.2 Å². The number of ketones is 1. The molecule has 6 nitrogen and oxygen atoms in total. The Morgan fingerprint density at radius 2 is 1.81 bits per heavy atom. The highest BCUT2D eigenvalue weighted by molar-refractivity contribution is 6.31. The number of carbonyl (C=O) groups is 2. The van der Waals surface area contributed by atoms with Crippen LogP contribution in [0.1, 0.15) is 17.3 Å². The van der Waals surface area contributed by atoms with Crippen molar-refractivity contribution in [2.45, 2.75) is 6.92 Å². The summed E-state index contributed by atoms with van der Waals surface area (Å²) in [4.78, 5) is 28.1. The molecule has 1 aliphatic heterocycles. The van der Waals surface area contributed by atoms with Crippen LogP contribution < -0.4 is 15.0 Å². The van der Waals surface area contributed by atoms with Crippen molar-refractivity contribution in [3.05, 3.63) is 53.1 Å². The molecule has 1 N–H and O–H groups in total. The molecule has 2 amide bonds. The van der Waals surface area contributed by atoms with E-state index in [-0.39, 0.29) is 11.8 Å². The van der Waals surface area contributed by atoms with E-state index >= 15 is 0 Å². The topological polar surface area (TPSA) is 61.9 Å². The van der Waals surface area contributed by atoms with E-state index < -0.39 is 0 Å². The number of ether oxygens (including phenoxy) is 1. The normalized spacial score (nSPS) is 14.0. The van der Waals surface area contributed by atoms with Crippen LogP contribution in [0.25, 0.3) is 0 Å². The first kappa shape index (κ1) is 19.0. The average Bonchev–Trinajstić information content (AvgIpc) is 2.68. The van der Waals surface area contributed by atoms with Gasteiger partial charge in [0.1, 0.15) is 5.75 Å². The summed E-state index contributed by atoms with van der Waals surface area (Å²) in [5, 5.41) is 3.39. The molecule has 0 bridgehead atoms. The molecule has 1 heterocycles. The highest BCUT2D eigenvalue weighted by Gasteiger charge is 2.22. The van der Waals surface area contributed by atoms with Gasteiger partial charge in [0, 0.05) is 42.5 Å². The minimum Gasteiger partial charge on any atom is -0.495 e. The van der Waals surface area contributed by atoms with Crippen LogP contribution in [0.4, 0.5) is 16.2 Å². The van der Waals surface area contributed by atoms with Crippen molar-refractivity contribution in [2.75, 3.05) is 43.5 Å². The van der Waals surface area contributed by atoms with Crippen LogP contribution in [0, 0.1) is 0 Å². The third-order valence-electron chi connectivity index (χ3n) is 4.59. The van der Waals surface area contributed by atoms with Gasteiger partial charge in [0.25, 0.3) is 0 Å². The van der Waals surface area contributed by atoms with Crippen molar-refractivity contribution in [3.63, 3.8) is 0 Å². The first-order chi connectivity index (χ1) is 13.0. The van der Waals surface area contributed by atoms with Crippen molar-refractivity contribution >= 4 is 34.8 Å². The van der Waals surface area contributed by atoms with Crippen molar-refractivity contribution < 1.29 is 14.3 Å². The van der Waals surface area contributed by atoms with Gasteiger partial charge in [0.05, 0.1) is 12.8 Å². The molecule has 3 rings (SSSR count). The summed E-state index contributed by atoms with van der Waals surface area (Å²) >= 11 is 6.01. The fraction of sp³-hybridized carbons (Fsp3) is 0.300. The number of amides is 2. The number of methoxy groups -OCH3 is 1. The number of Topliss-reactive ketones (excluding diaryl/α,β-unsaturated/α-hetero) is 1. The van der Waals surface area contributed by atoms with Gasteiger partial charge in [0.15, 0.2) is 5.78 Å². The van der Waals surface area contributed by atoms with Gasteiger partial charge >= 0.3 is 6.03 Å². The maximum atomic E-state index is 12.6. The van der Waals surface area contributed by atoms with Crippen LogP contribution in [0.3, 0.4) is 0 Å². The molecule has 0 aliphatic carbocycles. The second kappa shape index (κ2) is 8.31. The van der Waals surface area contributed by atoms with Gasteiger partial charge in [-0.05, 0) is 37.3 Å². The highest BCUT2D eigenvalue weighted by Crippen LogP contribution is 2.28. The molecule has 27 heavy (non-hydrogen) atoms. The number of piperazine rings is 1. The first-order valence-electron chi connectivity index (χ1n) is 8.73. The van der Waals surface area contributed by atoms with Crippen LogP contribution in [0.2, 0.25) is 5.02 Å². The second-order valence-corrected chi connectivity index (χ2v) is 6.79. The number of benzene rings is 2. The SMILES string of the molecule is COc1ccc(Cl)cc1NC(=O)N1CCN(c2cccc(C(C)=O)c2)CC1. The van der Waals surface area contributed by atoms with Gasteiger partial charge in [-0.3, -0.25) is 4.79 Å². The maximum absolute atomic E-state index is 12.6. The van der Waals surface area contributed by atoms with Crippen LogP contribution in [-0.2, 0) is 0 Å². The molecular weight excluding hydrogens is 366 g/mol. The van der Waals surface area contributed by atoms with E-state index in [1.165, 1.54) is 0 Å². The number of halogens is 1. The van der Waals surface area contributed by atoms with Crippen molar-refractivity contribution in [1.82, 2.24) is 4.90 Å². The Morgan fingerprint density at radius 3 is 2.48 bits per heavy atom. The summed E-state index contributed by atoms with van der Waals surface area (Å²) in [5.41, 5.74) is 2.24. The summed E-state index contributed by atoms with van der Waals surface area (Å²) in [5.74, 6) is 0.609. The van der Waals surface area contributed by atoms with E-state index in [4.69, 9.17) is 16.3 Å². The van der Waals surface area contributed by atoms with Crippen molar-refractivity contribution in [2.24, 2.45) is 0 Å². The van der Waals surface area contributed by atoms with Gasteiger partial charge in [-0.15, -0.1) is 0 Å². The van der Waals surface area contributed by atoms with Gasteiger partial charge < -0.3 is 19.9 Å². The quantitative estimate of drug-likeness (QED) is 0.808. The molecule has 0 radical (unpaired) electrons. The Labute approximate surface area is 163 Å². The fourth-order valence-electron chi connectivity index (χ4n) is 3.06. The number of carbonyl (C=O) groups excluding carboxylic acids is 2. The lowest BCUT2D eigenvalue weighted by molar-refractivity contribution is 0.101. The van der Waals surface area contributed by atoms with E-state index in [0.29, 0.717) is 48.2 Å². The molecule has 1 fully saturated rings. The standard InChI is InChI=1S/C20H22ClN3O3/c1-14(25)15-4-3-5-17(12-15)23-8-10-24(11-9-23)20(26)22-18-13-16(21)6-7-19(18)27-2/h3-7,12-13H,8-11H2,1-2H3,(H,22,26). The number of nitrogens with one attached hydrogen (secondary N) is 1.